The standard InChI is InChI=1S/C12H9Cl2N3.HNO3/c13-11-4-1-5-12(14)10(11)8-16-17-9-3-2-6-15-7-9;2-1(3)4/h1-8,17H;(H,2,3,4)/b16-8+;. The van der Waals surface area contributed by atoms with E-state index in [1.807, 2.05) is 12.1 Å². The molecule has 0 radical (unpaired) electrons. The Bertz CT molecular complexity index is 599. The molecule has 0 spiro atoms. The van der Waals surface area contributed by atoms with Crippen molar-refractivity contribution in [2.75, 3.05) is 5.43 Å². The predicted octanol–water partition coefficient (Wildman–Crippen LogP) is 3.49. The Morgan fingerprint density at radius 3 is 2.43 bits per heavy atom. The summed E-state index contributed by atoms with van der Waals surface area (Å²) in [7, 11) is 0. The molecule has 0 bridgehead atoms. The largest absolute Gasteiger partial charge is 0.328 e. The molecule has 1 aromatic heterocycles. The third-order valence-electron chi connectivity index (χ3n) is 2.05. The molecule has 7 nitrogen and oxygen atoms in total. The number of halogens is 2. The summed E-state index contributed by atoms with van der Waals surface area (Å²) in [4.78, 5) is 12.3. The second-order valence-corrected chi connectivity index (χ2v) is 4.30. The number of benzene rings is 1. The second-order valence-electron chi connectivity index (χ2n) is 3.48. The van der Waals surface area contributed by atoms with Crippen LogP contribution in [0.25, 0.3) is 0 Å². The molecule has 0 unspecified atom stereocenters. The zero-order chi connectivity index (χ0) is 15.7. The number of nitrogens with one attached hydrogen (secondary N) is 1. The van der Waals surface area contributed by atoms with Crippen LogP contribution >= 0.6 is 23.2 Å². The summed E-state index contributed by atoms with van der Waals surface area (Å²) in [5.74, 6) is 0. The Kier molecular flexibility index (Phi) is 6.93. The third kappa shape index (κ3) is 6.55. The molecule has 1 aromatic carbocycles. The summed E-state index contributed by atoms with van der Waals surface area (Å²) in [5, 5.41) is 18.8. The smallest absolute Gasteiger partial charge is 0.291 e. The van der Waals surface area contributed by atoms with E-state index in [4.69, 9.17) is 38.5 Å². The Balaban J connectivity index is 0.000000491. The lowest BCUT2D eigenvalue weighted by Crippen LogP contribution is -1.92. The molecule has 9 heteroatoms. The van der Waals surface area contributed by atoms with Gasteiger partial charge in [0.1, 0.15) is 0 Å². The van der Waals surface area contributed by atoms with E-state index in [9.17, 15) is 0 Å². The first-order valence-corrected chi connectivity index (χ1v) is 6.22. The molecule has 0 aliphatic heterocycles. The van der Waals surface area contributed by atoms with Crippen molar-refractivity contribution in [1.82, 2.24) is 4.98 Å². The number of anilines is 1. The lowest BCUT2D eigenvalue weighted by atomic mass is 10.2. The van der Waals surface area contributed by atoms with E-state index in [0.717, 1.165) is 5.69 Å². The summed E-state index contributed by atoms with van der Waals surface area (Å²) in [6.45, 7) is 0. The number of hydrogen-bond acceptors (Lipinski definition) is 5. The molecule has 0 saturated heterocycles. The molecule has 0 amide bonds. The summed E-state index contributed by atoms with van der Waals surface area (Å²) in [6.07, 6.45) is 4.95. The van der Waals surface area contributed by atoms with Gasteiger partial charge in [0.25, 0.3) is 5.09 Å². The van der Waals surface area contributed by atoms with Gasteiger partial charge in [-0.25, -0.2) is 0 Å². The van der Waals surface area contributed by atoms with E-state index in [0.29, 0.717) is 15.6 Å². The van der Waals surface area contributed by atoms with Crippen LogP contribution in [0.2, 0.25) is 10.0 Å². The minimum Gasteiger partial charge on any atom is -0.328 e. The van der Waals surface area contributed by atoms with Gasteiger partial charge >= 0.3 is 0 Å². The maximum Gasteiger partial charge on any atom is 0.291 e. The monoisotopic (exact) mass is 328 g/mol. The van der Waals surface area contributed by atoms with Gasteiger partial charge in [-0.1, -0.05) is 29.3 Å². The fraction of sp³-hybridized carbons (Fsp3) is 0. The van der Waals surface area contributed by atoms with E-state index in [2.05, 4.69) is 15.5 Å². The lowest BCUT2D eigenvalue weighted by Gasteiger charge is -2.01. The van der Waals surface area contributed by atoms with Crippen LogP contribution in [0.5, 0.6) is 0 Å². The van der Waals surface area contributed by atoms with Crippen molar-refractivity contribution in [1.29, 1.82) is 0 Å². The molecule has 0 fully saturated rings. The van der Waals surface area contributed by atoms with Crippen LogP contribution in [0.4, 0.5) is 5.69 Å². The van der Waals surface area contributed by atoms with Crippen LogP contribution in [-0.4, -0.2) is 21.5 Å². The molecule has 110 valence electrons. The van der Waals surface area contributed by atoms with Gasteiger partial charge in [0, 0.05) is 11.8 Å². The van der Waals surface area contributed by atoms with Crippen LogP contribution < -0.4 is 5.43 Å². The zero-order valence-corrected chi connectivity index (χ0v) is 12.0. The Morgan fingerprint density at radius 2 is 1.90 bits per heavy atom. The Labute approximate surface area is 130 Å². The highest BCUT2D eigenvalue weighted by Gasteiger charge is 2.01. The molecule has 2 N–H and O–H groups in total. The highest BCUT2D eigenvalue weighted by atomic mass is 35.5. The van der Waals surface area contributed by atoms with E-state index in [1.165, 1.54) is 0 Å². The number of rotatable bonds is 3. The molecule has 0 aliphatic carbocycles. The molecule has 0 atom stereocenters. The van der Waals surface area contributed by atoms with Gasteiger partial charge in [-0.15, -0.1) is 10.1 Å². The Morgan fingerprint density at radius 1 is 1.29 bits per heavy atom. The summed E-state index contributed by atoms with van der Waals surface area (Å²) in [5.41, 5.74) is 4.32. The van der Waals surface area contributed by atoms with Crippen molar-refractivity contribution in [2.24, 2.45) is 5.10 Å². The van der Waals surface area contributed by atoms with E-state index in [1.54, 1.807) is 36.8 Å². The molecule has 21 heavy (non-hydrogen) atoms. The fourth-order valence-electron chi connectivity index (χ4n) is 1.23. The second kappa shape index (κ2) is 8.72. The van der Waals surface area contributed by atoms with Gasteiger partial charge in [-0.3, -0.25) is 10.4 Å². The maximum absolute atomic E-state index is 8.36. The van der Waals surface area contributed by atoms with Gasteiger partial charge in [0.05, 0.1) is 28.1 Å². The van der Waals surface area contributed by atoms with Crippen LogP contribution in [0.1, 0.15) is 5.56 Å². The molecule has 0 saturated carbocycles. The molecule has 0 aliphatic rings. The molecule has 2 aromatic rings. The average Bonchev–Trinajstić information content (AvgIpc) is 2.43. The van der Waals surface area contributed by atoms with Crippen molar-refractivity contribution < 1.29 is 10.3 Å². The number of aromatic nitrogens is 1. The molecule has 1 heterocycles. The lowest BCUT2D eigenvalue weighted by molar-refractivity contribution is -0.742. The first-order valence-electron chi connectivity index (χ1n) is 5.47. The van der Waals surface area contributed by atoms with E-state index in [-0.39, 0.29) is 0 Å². The minimum absolute atomic E-state index is 0.564. The highest BCUT2D eigenvalue weighted by Crippen LogP contribution is 2.22. The summed E-state index contributed by atoms with van der Waals surface area (Å²) >= 11 is 12.0. The maximum atomic E-state index is 8.36. The van der Waals surface area contributed by atoms with Gasteiger partial charge in [0.2, 0.25) is 0 Å². The van der Waals surface area contributed by atoms with Crippen LogP contribution in [-0.2, 0) is 0 Å². The van der Waals surface area contributed by atoms with Gasteiger partial charge < -0.3 is 5.21 Å². The normalized spacial score (nSPS) is 9.81. The van der Waals surface area contributed by atoms with Gasteiger partial charge in [-0.05, 0) is 24.3 Å². The van der Waals surface area contributed by atoms with Crippen molar-refractivity contribution in [3.05, 3.63) is 68.4 Å². The topological polar surface area (TPSA) is 101 Å². The first kappa shape index (κ1) is 16.7. The van der Waals surface area contributed by atoms with E-state index < -0.39 is 5.09 Å². The van der Waals surface area contributed by atoms with Gasteiger partial charge in [0.15, 0.2) is 0 Å². The molecular weight excluding hydrogens is 319 g/mol. The van der Waals surface area contributed by atoms with Crippen molar-refractivity contribution in [2.45, 2.75) is 0 Å². The van der Waals surface area contributed by atoms with Crippen molar-refractivity contribution >= 4 is 35.1 Å². The number of hydrazone groups is 1. The quantitative estimate of drug-likeness (QED) is 0.510. The van der Waals surface area contributed by atoms with E-state index >= 15 is 0 Å². The minimum atomic E-state index is -1.50. The van der Waals surface area contributed by atoms with Crippen molar-refractivity contribution in [3.8, 4) is 0 Å². The summed E-state index contributed by atoms with van der Waals surface area (Å²) < 4.78 is 0. The number of hydrogen-bond donors (Lipinski definition) is 2. The average molecular weight is 329 g/mol. The number of pyridine rings is 1. The number of nitrogens with zero attached hydrogens (tertiary/aromatic N) is 3. The van der Waals surface area contributed by atoms with Crippen LogP contribution in [0, 0.1) is 10.1 Å². The zero-order valence-electron chi connectivity index (χ0n) is 10.5. The molecule has 2 rings (SSSR count). The molecular formula is C12H10Cl2N4O3. The predicted molar refractivity (Wildman–Crippen MR) is 80.7 cm³/mol. The third-order valence-corrected chi connectivity index (χ3v) is 2.71. The van der Waals surface area contributed by atoms with Gasteiger partial charge in [-0.2, -0.15) is 5.10 Å². The summed E-state index contributed by atoms with van der Waals surface area (Å²) in [6, 6.07) is 8.99. The van der Waals surface area contributed by atoms with Crippen LogP contribution in [0.15, 0.2) is 47.8 Å². The fourth-order valence-corrected chi connectivity index (χ4v) is 1.73. The van der Waals surface area contributed by atoms with Crippen molar-refractivity contribution in [3.63, 3.8) is 0 Å². The SMILES string of the molecule is Clc1cccc(Cl)c1/C=N/Nc1cccnc1.O=[N+]([O-])O. The first-order chi connectivity index (χ1) is 10.0. The Hall–Kier alpha value is -2.38. The highest BCUT2D eigenvalue weighted by molar-refractivity contribution is 6.38. The van der Waals surface area contributed by atoms with Crippen LogP contribution in [0.3, 0.4) is 0 Å².